The number of nitrogens with zero attached hydrogens (tertiary/aromatic N) is 2. The lowest BCUT2D eigenvalue weighted by Crippen LogP contribution is -2.31. The van der Waals surface area contributed by atoms with Crippen LogP contribution in [0.3, 0.4) is 0 Å². The normalized spacial score (nSPS) is 10.7. The van der Waals surface area contributed by atoms with Crippen molar-refractivity contribution in [2.24, 2.45) is 0 Å². The molecule has 0 spiro atoms. The van der Waals surface area contributed by atoms with E-state index in [1.54, 1.807) is 12.4 Å². The summed E-state index contributed by atoms with van der Waals surface area (Å²) in [7, 11) is 3.95. The summed E-state index contributed by atoms with van der Waals surface area (Å²) < 4.78 is 0. The molecule has 2 rings (SSSR count). The van der Waals surface area contributed by atoms with Crippen LogP contribution in [0.1, 0.15) is 21.5 Å². The summed E-state index contributed by atoms with van der Waals surface area (Å²) in [6, 6.07) is 8.03. The molecular formula is C18H24N4O. The van der Waals surface area contributed by atoms with Gasteiger partial charge < -0.3 is 15.5 Å². The number of carbonyl (C=O) groups excluding carboxylic acids is 1. The first-order valence-corrected chi connectivity index (χ1v) is 7.68. The van der Waals surface area contributed by atoms with Crippen molar-refractivity contribution < 1.29 is 4.79 Å². The Bertz CT molecular complexity index is 682. The third kappa shape index (κ3) is 5.07. The lowest BCUT2D eigenvalue weighted by atomic mass is 10.1. The standard InChI is InChI=1S/C18H24N4O/c1-13-5-6-17(14(2)9-13)21-16-10-15(11-19-12-16)18(23)20-7-8-22(3)4/h5-6,9-12,21H,7-8H2,1-4H3,(H,20,23). The highest BCUT2D eigenvalue weighted by Gasteiger charge is 2.07. The van der Waals surface area contributed by atoms with E-state index in [2.05, 4.69) is 41.6 Å². The Morgan fingerprint density at radius 1 is 1.17 bits per heavy atom. The molecular weight excluding hydrogens is 288 g/mol. The summed E-state index contributed by atoms with van der Waals surface area (Å²) >= 11 is 0. The Labute approximate surface area is 137 Å². The average molecular weight is 312 g/mol. The second kappa shape index (κ2) is 7.74. The van der Waals surface area contributed by atoms with Gasteiger partial charge in [-0.2, -0.15) is 0 Å². The number of benzene rings is 1. The molecule has 1 aromatic carbocycles. The molecule has 0 aliphatic heterocycles. The maximum absolute atomic E-state index is 12.1. The van der Waals surface area contributed by atoms with Crippen LogP contribution in [0, 0.1) is 13.8 Å². The van der Waals surface area contributed by atoms with Crippen molar-refractivity contribution in [3.8, 4) is 0 Å². The molecule has 0 aliphatic carbocycles. The van der Waals surface area contributed by atoms with Gasteiger partial charge >= 0.3 is 0 Å². The molecule has 1 aromatic heterocycles. The van der Waals surface area contributed by atoms with Crippen molar-refractivity contribution in [1.29, 1.82) is 0 Å². The zero-order valence-electron chi connectivity index (χ0n) is 14.2. The molecule has 0 fully saturated rings. The highest BCUT2D eigenvalue weighted by atomic mass is 16.1. The third-order valence-corrected chi connectivity index (χ3v) is 3.51. The number of aromatic nitrogens is 1. The molecule has 23 heavy (non-hydrogen) atoms. The number of rotatable bonds is 6. The Morgan fingerprint density at radius 3 is 2.65 bits per heavy atom. The van der Waals surface area contributed by atoms with Gasteiger partial charge in [0.05, 0.1) is 17.4 Å². The number of pyridine rings is 1. The molecule has 1 amide bonds. The molecule has 0 aliphatic rings. The Balaban J connectivity index is 2.06. The molecule has 2 N–H and O–H groups in total. The van der Waals surface area contributed by atoms with Gasteiger partial charge in [-0.15, -0.1) is 0 Å². The summed E-state index contributed by atoms with van der Waals surface area (Å²) in [4.78, 5) is 18.3. The Hall–Kier alpha value is -2.40. The van der Waals surface area contributed by atoms with Crippen LogP contribution >= 0.6 is 0 Å². The fourth-order valence-electron chi connectivity index (χ4n) is 2.24. The number of anilines is 2. The first-order chi connectivity index (χ1) is 11.0. The molecule has 0 atom stereocenters. The largest absolute Gasteiger partial charge is 0.354 e. The lowest BCUT2D eigenvalue weighted by Gasteiger charge is -2.12. The van der Waals surface area contributed by atoms with Gasteiger partial charge in [-0.1, -0.05) is 17.7 Å². The van der Waals surface area contributed by atoms with E-state index in [-0.39, 0.29) is 5.91 Å². The number of nitrogens with one attached hydrogen (secondary N) is 2. The summed E-state index contributed by atoms with van der Waals surface area (Å²) in [6.07, 6.45) is 3.30. The predicted octanol–water partition coefficient (Wildman–Crippen LogP) is 2.73. The van der Waals surface area contributed by atoms with E-state index in [0.717, 1.165) is 23.5 Å². The minimum atomic E-state index is -0.108. The van der Waals surface area contributed by atoms with Gasteiger partial charge in [0.25, 0.3) is 5.91 Å². The van der Waals surface area contributed by atoms with E-state index < -0.39 is 0 Å². The second-order valence-electron chi connectivity index (χ2n) is 5.96. The molecule has 0 saturated carbocycles. The Morgan fingerprint density at radius 2 is 1.96 bits per heavy atom. The lowest BCUT2D eigenvalue weighted by molar-refractivity contribution is 0.0950. The van der Waals surface area contributed by atoms with Gasteiger partial charge in [0.15, 0.2) is 0 Å². The molecule has 0 saturated heterocycles. The molecule has 2 aromatic rings. The van der Waals surface area contributed by atoms with Crippen molar-refractivity contribution in [2.45, 2.75) is 13.8 Å². The SMILES string of the molecule is Cc1ccc(Nc2cncc(C(=O)NCCN(C)C)c2)c(C)c1. The maximum atomic E-state index is 12.1. The van der Waals surface area contributed by atoms with E-state index in [0.29, 0.717) is 12.1 Å². The summed E-state index contributed by atoms with van der Waals surface area (Å²) in [6.45, 7) is 5.54. The second-order valence-corrected chi connectivity index (χ2v) is 5.96. The first-order valence-electron chi connectivity index (χ1n) is 7.68. The number of likely N-dealkylation sites (N-methyl/N-ethyl adjacent to an activating group) is 1. The first kappa shape index (κ1) is 17.0. The number of hydrogen-bond acceptors (Lipinski definition) is 4. The van der Waals surface area contributed by atoms with E-state index in [1.807, 2.05) is 31.1 Å². The number of amides is 1. The minimum absolute atomic E-state index is 0.108. The highest BCUT2D eigenvalue weighted by Crippen LogP contribution is 2.21. The van der Waals surface area contributed by atoms with Crippen molar-refractivity contribution in [2.75, 3.05) is 32.5 Å². The van der Waals surface area contributed by atoms with Crippen LogP contribution in [-0.2, 0) is 0 Å². The summed E-state index contributed by atoms with van der Waals surface area (Å²) in [5, 5.41) is 6.21. The van der Waals surface area contributed by atoms with E-state index >= 15 is 0 Å². The van der Waals surface area contributed by atoms with Crippen LogP contribution in [0.4, 0.5) is 11.4 Å². The van der Waals surface area contributed by atoms with Crippen LogP contribution in [0.5, 0.6) is 0 Å². The van der Waals surface area contributed by atoms with Gasteiger partial charge in [-0.25, -0.2) is 0 Å². The average Bonchev–Trinajstić information content (AvgIpc) is 2.50. The van der Waals surface area contributed by atoms with Gasteiger partial charge in [0.1, 0.15) is 0 Å². The number of carbonyl (C=O) groups is 1. The minimum Gasteiger partial charge on any atom is -0.354 e. The zero-order valence-corrected chi connectivity index (χ0v) is 14.2. The van der Waals surface area contributed by atoms with Crippen LogP contribution in [0.2, 0.25) is 0 Å². The molecule has 5 nitrogen and oxygen atoms in total. The monoisotopic (exact) mass is 312 g/mol. The van der Waals surface area contributed by atoms with E-state index in [4.69, 9.17) is 0 Å². The van der Waals surface area contributed by atoms with Gasteiger partial charge in [-0.3, -0.25) is 9.78 Å². The van der Waals surface area contributed by atoms with E-state index in [9.17, 15) is 4.79 Å². The predicted molar refractivity (Wildman–Crippen MR) is 94.3 cm³/mol. The zero-order chi connectivity index (χ0) is 16.8. The quantitative estimate of drug-likeness (QED) is 0.861. The van der Waals surface area contributed by atoms with Crippen LogP contribution in [0.25, 0.3) is 0 Å². The van der Waals surface area contributed by atoms with Crippen molar-refractivity contribution in [3.05, 3.63) is 53.3 Å². The molecule has 0 radical (unpaired) electrons. The maximum Gasteiger partial charge on any atom is 0.252 e. The van der Waals surface area contributed by atoms with Crippen LogP contribution in [-0.4, -0.2) is 43.0 Å². The smallest absolute Gasteiger partial charge is 0.252 e. The van der Waals surface area contributed by atoms with Gasteiger partial charge in [0.2, 0.25) is 0 Å². The summed E-state index contributed by atoms with van der Waals surface area (Å²) in [5.74, 6) is -0.108. The van der Waals surface area contributed by atoms with Gasteiger partial charge in [-0.05, 0) is 45.6 Å². The van der Waals surface area contributed by atoms with Crippen LogP contribution < -0.4 is 10.6 Å². The fourth-order valence-corrected chi connectivity index (χ4v) is 2.24. The molecule has 5 heteroatoms. The van der Waals surface area contributed by atoms with Crippen molar-refractivity contribution in [1.82, 2.24) is 15.2 Å². The van der Waals surface area contributed by atoms with Gasteiger partial charge in [0, 0.05) is 25.0 Å². The highest BCUT2D eigenvalue weighted by molar-refractivity contribution is 5.94. The van der Waals surface area contributed by atoms with E-state index in [1.165, 1.54) is 5.56 Å². The third-order valence-electron chi connectivity index (χ3n) is 3.51. The fraction of sp³-hybridized carbons (Fsp3) is 0.333. The molecule has 1 heterocycles. The Kier molecular flexibility index (Phi) is 5.71. The van der Waals surface area contributed by atoms with Crippen molar-refractivity contribution >= 4 is 17.3 Å². The number of hydrogen-bond donors (Lipinski definition) is 2. The summed E-state index contributed by atoms with van der Waals surface area (Å²) in [5.41, 5.74) is 4.75. The molecule has 0 unspecified atom stereocenters. The molecule has 122 valence electrons. The molecule has 0 bridgehead atoms. The van der Waals surface area contributed by atoms with Crippen LogP contribution in [0.15, 0.2) is 36.7 Å². The topological polar surface area (TPSA) is 57.3 Å². The number of aryl methyl sites for hydroxylation is 2. The van der Waals surface area contributed by atoms with Crippen molar-refractivity contribution in [3.63, 3.8) is 0 Å².